The third-order valence-corrected chi connectivity index (χ3v) is 5.41. The van der Waals surface area contributed by atoms with E-state index in [2.05, 4.69) is 15.4 Å². The molecule has 0 saturated carbocycles. The Morgan fingerprint density at radius 2 is 2.11 bits per heavy atom. The summed E-state index contributed by atoms with van der Waals surface area (Å²) >= 11 is 1.40. The zero-order chi connectivity index (χ0) is 18.6. The smallest absolute Gasteiger partial charge is 0.264 e. The lowest BCUT2D eigenvalue weighted by atomic mass is 10.0. The highest BCUT2D eigenvalue weighted by Gasteiger charge is 2.33. The van der Waals surface area contributed by atoms with Crippen LogP contribution in [0.2, 0.25) is 0 Å². The van der Waals surface area contributed by atoms with Crippen molar-refractivity contribution >= 4 is 28.8 Å². The van der Waals surface area contributed by atoms with Crippen LogP contribution < -0.4 is 5.32 Å². The topological polar surface area (TPSA) is 80.1 Å². The number of aromatic nitrogens is 3. The minimum atomic E-state index is -0.459. The first-order valence-electron chi connectivity index (χ1n) is 8.84. The first-order valence-corrected chi connectivity index (χ1v) is 9.72. The van der Waals surface area contributed by atoms with Crippen molar-refractivity contribution in [2.75, 3.05) is 11.9 Å². The van der Waals surface area contributed by atoms with Gasteiger partial charge in [0.1, 0.15) is 6.04 Å². The van der Waals surface area contributed by atoms with Crippen LogP contribution in [-0.2, 0) is 4.79 Å². The number of anilines is 1. The van der Waals surface area contributed by atoms with Crippen molar-refractivity contribution in [1.29, 1.82) is 0 Å². The fraction of sp³-hybridized carbons (Fsp3) is 0.263. The second-order valence-electron chi connectivity index (χ2n) is 6.33. The third-order valence-electron chi connectivity index (χ3n) is 4.55. The summed E-state index contributed by atoms with van der Waals surface area (Å²) in [6, 6.07) is 8.59. The van der Waals surface area contributed by atoms with Crippen LogP contribution in [0, 0.1) is 0 Å². The van der Waals surface area contributed by atoms with E-state index in [0.717, 1.165) is 12.8 Å². The molecule has 8 heteroatoms. The number of nitrogens with one attached hydrogen (secondary N) is 1. The molecule has 0 aromatic carbocycles. The predicted molar refractivity (Wildman–Crippen MR) is 103 cm³/mol. The Bertz CT molecular complexity index is 906. The molecule has 0 spiro atoms. The van der Waals surface area contributed by atoms with E-state index in [9.17, 15) is 9.59 Å². The summed E-state index contributed by atoms with van der Waals surface area (Å²) in [6.07, 6.45) is 7.60. The van der Waals surface area contributed by atoms with Gasteiger partial charge >= 0.3 is 0 Å². The average Bonchev–Trinajstić information content (AvgIpc) is 3.42. The lowest BCUT2D eigenvalue weighted by Crippen LogP contribution is -2.49. The molecule has 0 bridgehead atoms. The van der Waals surface area contributed by atoms with Gasteiger partial charge in [0.05, 0.1) is 16.8 Å². The summed E-state index contributed by atoms with van der Waals surface area (Å²) < 4.78 is 1.65. The summed E-state index contributed by atoms with van der Waals surface area (Å²) in [4.78, 5) is 32.2. The number of carbonyl (C=O) groups excluding carboxylic acids is 2. The van der Waals surface area contributed by atoms with Crippen LogP contribution >= 0.6 is 11.3 Å². The van der Waals surface area contributed by atoms with Gasteiger partial charge in [0, 0.05) is 18.9 Å². The van der Waals surface area contributed by atoms with Crippen LogP contribution in [0.1, 0.15) is 28.9 Å². The molecule has 1 atom stereocenters. The minimum absolute atomic E-state index is 0.0722. The van der Waals surface area contributed by atoms with Gasteiger partial charge in [0.25, 0.3) is 5.91 Å². The molecular formula is C19H19N5O2S. The molecule has 4 rings (SSSR count). The summed E-state index contributed by atoms with van der Waals surface area (Å²) in [7, 11) is 0. The molecule has 3 aromatic heterocycles. The molecule has 1 aliphatic rings. The van der Waals surface area contributed by atoms with Crippen molar-refractivity contribution in [2.24, 2.45) is 0 Å². The fourth-order valence-electron chi connectivity index (χ4n) is 3.21. The van der Waals surface area contributed by atoms with Crippen LogP contribution in [0.5, 0.6) is 0 Å². The number of likely N-dealkylation sites (tertiary alicyclic amines) is 1. The third kappa shape index (κ3) is 3.75. The van der Waals surface area contributed by atoms with Crippen LogP contribution in [0.3, 0.4) is 0 Å². The van der Waals surface area contributed by atoms with Gasteiger partial charge in [-0.1, -0.05) is 6.07 Å². The molecule has 4 heterocycles. The van der Waals surface area contributed by atoms with Crippen molar-refractivity contribution in [2.45, 2.75) is 25.3 Å². The van der Waals surface area contributed by atoms with E-state index in [4.69, 9.17) is 0 Å². The standard InChI is InChI=1S/C19H19N5O2S/c25-18(22-14-7-8-17(20-13-14)24-11-4-9-21-24)15-5-1-2-10-23(15)19(26)16-6-3-12-27-16/h3-4,6-9,11-13,15H,1-2,5,10H2,(H,22,25)/t15-/m0/s1. The lowest BCUT2D eigenvalue weighted by molar-refractivity contribution is -0.121. The maximum Gasteiger partial charge on any atom is 0.264 e. The highest BCUT2D eigenvalue weighted by atomic mass is 32.1. The van der Waals surface area contributed by atoms with Crippen molar-refractivity contribution < 1.29 is 9.59 Å². The zero-order valence-corrected chi connectivity index (χ0v) is 15.4. The Morgan fingerprint density at radius 1 is 1.19 bits per heavy atom. The molecule has 0 radical (unpaired) electrons. The van der Waals surface area contributed by atoms with Gasteiger partial charge in [-0.15, -0.1) is 11.3 Å². The molecule has 0 unspecified atom stereocenters. The molecule has 0 aliphatic carbocycles. The van der Waals surface area contributed by atoms with Crippen LogP contribution in [0.25, 0.3) is 5.82 Å². The van der Waals surface area contributed by atoms with Gasteiger partial charge in [-0.2, -0.15) is 5.10 Å². The molecule has 27 heavy (non-hydrogen) atoms. The number of hydrogen-bond donors (Lipinski definition) is 1. The van der Waals surface area contributed by atoms with Crippen LogP contribution in [0.4, 0.5) is 5.69 Å². The first-order chi connectivity index (χ1) is 13.2. The molecule has 138 valence electrons. The number of carbonyl (C=O) groups is 2. The van der Waals surface area contributed by atoms with E-state index >= 15 is 0 Å². The Labute approximate surface area is 160 Å². The van der Waals surface area contributed by atoms with Crippen molar-refractivity contribution in [3.63, 3.8) is 0 Å². The summed E-state index contributed by atoms with van der Waals surface area (Å²) in [5.41, 5.74) is 0.602. The Balaban J connectivity index is 1.46. The molecule has 1 N–H and O–H groups in total. The van der Waals surface area contributed by atoms with Gasteiger partial charge in [0.2, 0.25) is 5.91 Å². The first kappa shape index (κ1) is 17.4. The molecule has 1 fully saturated rings. The predicted octanol–water partition coefficient (Wildman–Crippen LogP) is 2.96. The Kier molecular flexibility index (Phi) is 4.97. The quantitative estimate of drug-likeness (QED) is 0.753. The van der Waals surface area contributed by atoms with Crippen LogP contribution in [0.15, 0.2) is 54.3 Å². The van der Waals surface area contributed by atoms with E-state index in [1.807, 2.05) is 17.5 Å². The number of piperidine rings is 1. The normalized spacial score (nSPS) is 16.9. The highest BCUT2D eigenvalue weighted by molar-refractivity contribution is 7.12. The second-order valence-corrected chi connectivity index (χ2v) is 7.28. The van der Waals surface area contributed by atoms with Gasteiger partial charge in [0.15, 0.2) is 5.82 Å². The number of thiophene rings is 1. The van der Waals surface area contributed by atoms with E-state index in [-0.39, 0.29) is 11.8 Å². The minimum Gasteiger partial charge on any atom is -0.326 e. The van der Waals surface area contributed by atoms with Crippen molar-refractivity contribution in [3.05, 3.63) is 59.2 Å². The number of pyridine rings is 1. The Hall–Kier alpha value is -3.00. The summed E-state index contributed by atoms with van der Waals surface area (Å²) in [5, 5.41) is 8.89. The van der Waals surface area contributed by atoms with E-state index < -0.39 is 6.04 Å². The molecule has 3 aromatic rings. The van der Waals surface area contributed by atoms with Gasteiger partial charge in [-0.25, -0.2) is 9.67 Å². The highest BCUT2D eigenvalue weighted by Crippen LogP contribution is 2.23. The maximum atomic E-state index is 12.8. The maximum absolute atomic E-state index is 12.8. The zero-order valence-electron chi connectivity index (χ0n) is 14.6. The Morgan fingerprint density at radius 3 is 2.81 bits per heavy atom. The number of rotatable bonds is 4. The van der Waals surface area contributed by atoms with E-state index in [1.54, 1.807) is 46.4 Å². The van der Waals surface area contributed by atoms with Gasteiger partial charge in [-0.3, -0.25) is 9.59 Å². The molecule has 7 nitrogen and oxygen atoms in total. The largest absolute Gasteiger partial charge is 0.326 e. The number of nitrogens with zero attached hydrogens (tertiary/aromatic N) is 4. The lowest BCUT2D eigenvalue weighted by Gasteiger charge is -2.34. The fourth-order valence-corrected chi connectivity index (χ4v) is 3.89. The number of hydrogen-bond acceptors (Lipinski definition) is 5. The molecular weight excluding hydrogens is 362 g/mol. The second kappa shape index (κ2) is 7.71. The monoisotopic (exact) mass is 381 g/mol. The van der Waals surface area contributed by atoms with Crippen LogP contribution in [-0.4, -0.2) is 44.1 Å². The average molecular weight is 381 g/mol. The van der Waals surface area contributed by atoms with E-state index in [0.29, 0.717) is 29.3 Å². The van der Waals surface area contributed by atoms with Crippen molar-refractivity contribution in [1.82, 2.24) is 19.7 Å². The van der Waals surface area contributed by atoms with Gasteiger partial charge in [-0.05, 0) is 48.9 Å². The van der Waals surface area contributed by atoms with Gasteiger partial charge < -0.3 is 10.2 Å². The van der Waals surface area contributed by atoms with Crippen molar-refractivity contribution in [3.8, 4) is 5.82 Å². The molecule has 1 aliphatic heterocycles. The number of amides is 2. The molecule has 2 amide bonds. The summed E-state index contributed by atoms with van der Waals surface area (Å²) in [6.45, 7) is 0.602. The summed E-state index contributed by atoms with van der Waals surface area (Å²) in [5.74, 6) is 0.426. The van der Waals surface area contributed by atoms with E-state index in [1.165, 1.54) is 11.3 Å². The molecule has 1 saturated heterocycles. The SMILES string of the molecule is O=C(Nc1ccc(-n2cccn2)nc1)[C@@H]1CCCCN1C(=O)c1cccs1.